The molecule has 1 saturated heterocycles. The van der Waals surface area contributed by atoms with Crippen molar-refractivity contribution in [1.29, 1.82) is 0 Å². The fourth-order valence-electron chi connectivity index (χ4n) is 2.06. The Morgan fingerprint density at radius 2 is 2.11 bits per heavy atom. The highest BCUT2D eigenvalue weighted by Gasteiger charge is 2.37. The molecule has 1 fully saturated rings. The average Bonchev–Trinajstić information content (AvgIpc) is 2.86. The molecule has 6 heteroatoms. The van der Waals surface area contributed by atoms with E-state index in [0.29, 0.717) is 6.54 Å². The zero-order chi connectivity index (χ0) is 14.2. The van der Waals surface area contributed by atoms with Gasteiger partial charge in [-0.15, -0.1) is 0 Å². The lowest BCUT2D eigenvalue weighted by molar-refractivity contribution is -0.137. The Bertz CT molecular complexity index is 501. The molecule has 0 aliphatic carbocycles. The molecule has 1 aliphatic heterocycles. The molecule has 0 saturated carbocycles. The van der Waals surface area contributed by atoms with Crippen LogP contribution in [0, 0.1) is 0 Å². The van der Waals surface area contributed by atoms with Gasteiger partial charge in [0.05, 0.1) is 18.4 Å². The first-order valence-corrected chi connectivity index (χ1v) is 6.36. The molecule has 6 nitrogen and oxygen atoms in total. The predicted molar refractivity (Wildman–Crippen MR) is 70.3 cm³/mol. The van der Waals surface area contributed by atoms with E-state index in [-0.39, 0.29) is 23.8 Å². The van der Waals surface area contributed by atoms with Crippen molar-refractivity contribution in [3.8, 4) is 0 Å². The second kappa shape index (κ2) is 4.77. The standard InChI is InChI=1S/C13H20N4O2/c1-13(2,3)15-7-9-6-14-8-17(9)10-5-11(18)16(4)12(10)19/h6,8,10,15H,5,7H2,1-4H3. The molecule has 104 valence electrons. The van der Waals surface area contributed by atoms with Gasteiger partial charge in [-0.25, -0.2) is 4.98 Å². The predicted octanol–water partition coefficient (Wildman–Crippen LogP) is 0.701. The molecule has 2 rings (SSSR count). The van der Waals surface area contributed by atoms with Crippen LogP contribution in [0.15, 0.2) is 12.5 Å². The molecule has 2 heterocycles. The molecule has 19 heavy (non-hydrogen) atoms. The van der Waals surface area contributed by atoms with Gasteiger partial charge in [-0.05, 0) is 20.8 Å². The number of hydrogen-bond acceptors (Lipinski definition) is 4. The van der Waals surface area contributed by atoms with E-state index in [1.54, 1.807) is 17.1 Å². The Labute approximate surface area is 112 Å². The SMILES string of the molecule is CN1C(=O)CC(n2cncc2CNC(C)(C)C)C1=O. The lowest BCUT2D eigenvalue weighted by Crippen LogP contribution is -2.36. The van der Waals surface area contributed by atoms with Gasteiger partial charge < -0.3 is 9.88 Å². The van der Waals surface area contributed by atoms with Crippen molar-refractivity contribution in [2.24, 2.45) is 0 Å². The summed E-state index contributed by atoms with van der Waals surface area (Å²) in [6.45, 7) is 6.84. The van der Waals surface area contributed by atoms with E-state index in [1.807, 2.05) is 0 Å². The Morgan fingerprint density at radius 1 is 1.42 bits per heavy atom. The normalized spacial score (nSPS) is 20.4. The van der Waals surface area contributed by atoms with Crippen LogP contribution in [0.5, 0.6) is 0 Å². The summed E-state index contributed by atoms with van der Waals surface area (Å²) in [5.41, 5.74) is 0.901. The van der Waals surface area contributed by atoms with E-state index in [9.17, 15) is 9.59 Å². The molecule has 0 radical (unpaired) electrons. The van der Waals surface area contributed by atoms with Crippen molar-refractivity contribution >= 4 is 11.8 Å². The number of likely N-dealkylation sites (N-methyl/N-ethyl adjacent to an activating group) is 1. The van der Waals surface area contributed by atoms with E-state index in [0.717, 1.165) is 5.69 Å². The van der Waals surface area contributed by atoms with Crippen molar-refractivity contribution < 1.29 is 9.59 Å². The lowest BCUT2D eigenvalue weighted by Gasteiger charge is -2.21. The van der Waals surface area contributed by atoms with E-state index in [4.69, 9.17) is 0 Å². The maximum absolute atomic E-state index is 12.0. The summed E-state index contributed by atoms with van der Waals surface area (Å²) in [6.07, 6.45) is 3.57. The Balaban J connectivity index is 2.16. The summed E-state index contributed by atoms with van der Waals surface area (Å²) >= 11 is 0. The van der Waals surface area contributed by atoms with Crippen LogP contribution in [0.4, 0.5) is 0 Å². The van der Waals surface area contributed by atoms with Gasteiger partial charge in [0.25, 0.3) is 5.91 Å². The molecular weight excluding hydrogens is 244 g/mol. The molecule has 1 unspecified atom stereocenters. The van der Waals surface area contributed by atoms with Gasteiger partial charge in [0, 0.05) is 25.3 Å². The summed E-state index contributed by atoms with van der Waals surface area (Å²) in [7, 11) is 1.52. The minimum absolute atomic E-state index is 0.0125. The number of amides is 2. The first-order valence-electron chi connectivity index (χ1n) is 6.36. The first-order chi connectivity index (χ1) is 8.79. The Kier molecular flexibility index (Phi) is 3.45. The van der Waals surface area contributed by atoms with E-state index in [2.05, 4.69) is 31.1 Å². The average molecular weight is 264 g/mol. The number of hydrogen-bond donors (Lipinski definition) is 1. The van der Waals surface area contributed by atoms with Gasteiger partial charge in [0.15, 0.2) is 0 Å². The molecular formula is C13H20N4O2. The number of nitrogens with zero attached hydrogens (tertiary/aromatic N) is 3. The van der Waals surface area contributed by atoms with Gasteiger partial charge in [-0.3, -0.25) is 14.5 Å². The van der Waals surface area contributed by atoms with Gasteiger partial charge >= 0.3 is 0 Å². The van der Waals surface area contributed by atoms with Crippen LogP contribution in [0.1, 0.15) is 38.9 Å². The number of rotatable bonds is 3. The van der Waals surface area contributed by atoms with Crippen LogP contribution in [-0.2, 0) is 16.1 Å². The Morgan fingerprint density at radius 3 is 2.63 bits per heavy atom. The van der Waals surface area contributed by atoms with Crippen LogP contribution in [0.3, 0.4) is 0 Å². The maximum atomic E-state index is 12.0. The van der Waals surface area contributed by atoms with E-state index >= 15 is 0 Å². The monoisotopic (exact) mass is 264 g/mol. The van der Waals surface area contributed by atoms with Crippen molar-refractivity contribution in [1.82, 2.24) is 19.8 Å². The van der Waals surface area contributed by atoms with E-state index in [1.165, 1.54) is 11.9 Å². The molecule has 1 aromatic heterocycles. The fraction of sp³-hybridized carbons (Fsp3) is 0.615. The van der Waals surface area contributed by atoms with Crippen molar-refractivity contribution in [3.63, 3.8) is 0 Å². The van der Waals surface area contributed by atoms with Crippen LogP contribution in [0.25, 0.3) is 0 Å². The highest BCUT2D eigenvalue weighted by molar-refractivity contribution is 6.04. The maximum Gasteiger partial charge on any atom is 0.252 e. The third kappa shape index (κ3) is 2.84. The Hall–Kier alpha value is -1.69. The van der Waals surface area contributed by atoms with Gasteiger partial charge in [-0.1, -0.05) is 0 Å². The third-order valence-electron chi connectivity index (χ3n) is 3.24. The topological polar surface area (TPSA) is 67.2 Å². The molecule has 0 spiro atoms. The first kappa shape index (κ1) is 13.7. The molecule has 1 aromatic rings. The highest BCUT2D eigenvalue weighted by atomic mass is 16.2. The second-order valence-electron chi connectivity index (χ2n) is 5.91. The van der Waals surface area contributed by atoms with Crippen LogP contribution < -0.4 is 5.32 Å². The third-order valence-corrected chi connectivity index (χ3v) is 3.24. The minimum Gasteiger partial charge on any atom is -0.320 e. The highest BCUT2D eigenvalue weighted by Crippen LogP contribution is 2.24. The largest absolute Gasteiger partial charge is 0.320 e. The van der Waals surface area contributed by atoms with Crippen LogP contribution in [-0.4, -0.2) is 38.9 Å². The summed E-state index contributed by atoms with van der Waals surface area (Å²) < 4.78 is 1.79. The number of likely N-dealkylation sites (tertiary alicyclic amines) is 1. The van der Waals surface area contributed by atoms with Gasteiger partial charge in [0.2, 0.25) is 5.91 Å². The smallest absolute Gasteiger partial charge is 0.252 e. The number of imidazole rings is 1. The minimum atomic E-state index is -0.447. The van der Waals surface area contributed by atoms with E-state index < -0.39 is 6.04 Å². The zero-order valence-corrected chi connectivity index (χ0v) is 11.8. The summed E-state index contributed by atoms with van der Waals surface area (Å²) in [5.74, 6) is -0.307. The number of imide groups is 1. The van der Waals surface area contributed by atoms with Crippen molar-refractivity contribution in [2.75, 3.05) is 7.05 Å². The fourth-order valence-corrected chi connectivity index (χ4v) is 2.06. The quantitative estimate of drug-likeness (QED) is 0.816. The number of carbonyl (C=O) groups excluding carboxylic acids is 2. The van der Waals surface area contributed by atoms with Crippen molar-refractivity contribution in [2.45, 2.75) is 45.3 Å². The molecule has 2 amide bonds. The van der Waals surface area contributed by atoms with Crippen LogP contribution in [0.2, 0.25) is 0 Å². The van der Waals surface area contributed by atoms with Gasteiger partial charge in [0.1, 0.15) is 6.04 Å². The van der Waals surface area contributed by atoms with Crippen molar-refractivity contribution in [3.05, 3.63) is 18.2 Å². The number of carbonyl (C=O) groups is 2. The lowest BCUT2D eigenvalue weighted by atomic mass is 10.1. The molecule has 0 aromatic carbocycles. The molecule has 1 N–H and O–H groups in total. The van der Waals surface area contributed by atoms with Gasteiger partial charge in [-0.2, -0.15) is 0 Å². The zero-order valence-electron chi connectivity index (χ0n) is 11.8. The molecule has 1 aliphatic rings. The molecule has 1 atom stereocenters. The summed E-state index contributed by atoms with van der Waals surface area (Å²) in [5, 5.41) is 3.35. The number of aromatic nitrogens is 2. The molecule has 0 bridgehead atoms. The van der Waals surface area contributed by atoms with Crippen LogP contribution >= 0.6 is 0 Å². The summed E-state index contributed by atoms with van der Waals surface area (Å²) in [4.78, 5) is 28.9. The number of nitrogens with one attached hydrogen (secondary N) is 1. The second-order valence-corrected chi connectivity index (χ2v) is 5.91. The summed E-state index contributed by atoms with van der Waals surface area (Å²) in [6, 6.07) is -0.447.